The molecule has 0 aromatic carbocycles. The minimum absolute atomic E-state index is 0.334. The Morgan fingerprint density at radius 2 is 0.660 bits per heavy atom. The highest BCUT2D eigenvalue weighted by atomic mass is 16.1. The molecule has 0 bridgehead atoms. The van der Waals surface area contributed by atoms with Crippen molar-refractivity contribution in [3.05, 3.63) is 24.3 Å². The summed E-state index contributed by atoms with van der Waals surface area (Å²) in [6, 6.07) is 0. The lowest BCUT2D eigenvalue weighted by atomic mass is 10.0. The molecule has 2 amide bonds. The maximum absolute atomic E-state index is 10.5. The van der Waals surface area contributed by atoms with E-state index in [1.807, 2.05) is 12.2 Å². The maximum atomic E-state index is 10.5. The van der Waals surface area contributed by atoms with Crippen LogP contribution in [-0.2, 0) is 9.59 Å². The lowest BCUT2D eigenvalue weighted by Gasteiger charge is -2.02. The lowest BCUT2D eigenvalue weighted by molar-refractivity contribution is -0.114. The van der Waals surface area contributed by atoms with Gasteiger partial charge >= 0.3 is 0 Å². The van der Waals surface area contributed by atoms with Crippen LogP contribution < -0.4 is 28.3 Å². The smallest absolute Gasteiger partial charge is 0.241 e. The van der Waals surface area contributed by atoms with Crippen molar-refractivity contribution in [1.82, 2.24) is 5.32 Å². The molecule has 0 saturated heterocycles. The van der Waals surface area contributed by atoms with Gasteiger partial charge in [-0.25, -0.2) is 0 Å². The molecule has 0 aromatic rings. The summed E-state index contributed by atoms with van der Waals surface area (Å²) < 4.78 is 0. The van der Waals surface area contributed by atoms with Gasteiger partial charge in [0.1, 0.15) is 0 Å². The Hall–Kier alpha value is -1.70. The zero-order valence-electron chi connectivity index (χ0n) is 31.6. The van der Waals surface area contributed by atoms with Gasteiger partial charge in [-0.3, -0.25) is 9.59 Å². The van der Waals surface area contributed by atoms with Gasteiger partial charge in [0.05, 0.1) is 0 Å². The van der Waals surface area contributed by atoms with Gasteiger partial charge in [-0.2, -0.15) is 0 Å². The van der Waals surface area contributed by atoms with Crippen molar-refractivity contribution in [2.75, 3.05) is 26.2 Å². The van der Waals surface area contributed by atoms with Crippen LogP contribution in [0, 0.1) is 0 Å². The number of hydrogen-bond donors (Lipinski definition) is 5. The van der Waals surface area contributed by atoms with Gasteiger partial charge in [0.15, 0.2) is 0 Å². The summed E-state index contributed by atoms with van der Waals surface area (Å²) in [6.07, 6.45) is 44.5. The van der Waals surface area contributed by atoms with Gasteiger partial charge in [0.2, 0.25) is 11.8 Å². The van der Waals surface area contributed by atoms with Crippen LogP contribution in [0.2, 0.25) is 0 Å². The van der Waals surface area contributed by atoms with Crippen LogP contribution in [0.3, 0.4) is 0 Å². The Bertz CT molecular complexity index is 601. The third-order valence-corrected chi connectivity index (χ3v) is 8.16. The van der Waals surface area contributed by atoms with E-state index in [1.165, 1.54) is 179 Å². The van der Waals surface area contributed by atoms with Crippen molar-refractivity contribution in [2.24, 2.45) is 22.9 Å². The van der Waals surface area contributed by atoms with E-state index in [0.717, 1.165) is 25.9 Å². The molecule has 0 aliphatic heterocycles. The zero-order chi connectivity index (χ0) is 35.3. The Balaban J connectivity index is -0.000000685. The summed E-state index contributed by atoms with van der Waals surface area (Å²) in [7, 11) is 0. The highest BCUT2D eigenvalue weighted by molar-refractivity contribution is 5.85. The van der Waals surface area contributed by atoms with E-state index in [-0.39, 0.29) is 11.8 Å². The summed E-state index contributed by atoms with van der Waals surface area (Å²) >= 11 is 0. The fraction of sp³-hybridized carbons (Fsp3) is 0.850. The highest BCUT2D eigenvalue weighted by Crippen LogP contribution is 2.14. The predicted molar refractivity (Wildman–Crippen MR) is 208 cm³/mol. The normalized spacial score (nSPS) is 11.0. The molecule has 0 aliphatic rings. The molecule has 0 fully saturated rings. The van der Waals surface area contributed by atoms with Crippen LogP contribution in [-0.4, -0.2) is 38.0 Å². The molecule has 280 valence electrons. The number of primary amides is 2. The Morgan fingerprint density at radius 1 is 0.426 bits per heavy atom. The quantitative estimate of drug-likeness (QED) is 0.0343. The largest absolute Gasteiger partial charge is 0.366 e. The minimum Gasteiger partial charge on any atom is -0.366 e. The SMILES string of the molecule is CCCCCCCCCCCCCCCC=CC(N)=O.CCCCCCCCCCCCCCCC=CC(N)=O.NCCNCCN. The first-order chi connectivity index (χ1) is 23.0. The minimum atomic E-state index is -0.334. The third-order valence-electron chi connectivity index (χ3n) is 8.16. The molecule has 0 spiro atoms. The summed E-state index contributed by atoms with van der Waals surface area (Å²) in [5.74, 6) is -0.667. The average molecular weight is 666 g/mol. The van der Waals surface area contributed by atoms with E-state index in [1.54, 1.807) is 0 Å². The Kier molecular flexibility index (Phi) is 51.5. The van der Waals surface area contributed by atoms with Crippen molar-refractivity contribution in [2.45, 2.75) is 194 Å². The molecule has 47 heavy (non-hydrogen) atoms. The predicted octanol–water partition coefficient (Wildman–Crippen LogP) is 9.51. The molecular weight excluding hydrogens is 582 g/mol. The molecule has 0 heterocycles. The van der Waals surface area contributed by atoms with Crippen LogP contribution in [0.15, 0.2) is 24.3 Å². The molecule has 7 nitrogen and oxygen atoms in total. The van der Waals surface area contributed by atoms with Gasteiger partial charge < -0.3 is 28.3 Å². The first-order valence-electron chi connectivity index (χ1n) is 20.0. The van der Waals surface area contributed by atoms with Crippen molar-refractivity contribution in [3.8, 4) is 0 Å². The number of nitrogens with one attached hydrogen (secondary N) is 1. The number of unbranched alkanes of at least 4 members (excludes halogenated alkanes) is 26. The number of allylic oxidation sites excluding steroid dienone is 2. The molecule has 0 rings (SSSR count). The lowest BCUT2D eigenvalue weighted by Crippen LogP contribution is -2.27. The van der Waals surface area contributed by atoms with Crippen LogP contribution in [0.25, 0.3) is 0 Å². The summed E-state index contributed by atoms with van der Waals surface area (Å²) in [4.78, 5) is 20.9. The van der Waals surface area contributed by atoms with E-state index in [4.69, 9.17) is 22.9 Å². The van der Waals surface area contributed by atoms with Crippen LogP contribution >= 0.6 is 0 Å². The topological polar surface area (TPSA) is 150 Å². The molecule has 0 aromatic heterocycles. The fourth-order valence-corrected chi connectivity index (χ4v) is 5.29. The van der Waals surface area contributed by atoms with E-state index in [0.29, 0.717) is 13.1 Å². The number of nitrogens with two attached hydrogens (primary N) is 4. The van der Waals surface area contributed by atoms with Crippen LogP contribution in [0.1, 0.15) is 194 Å². The fourth-order valence-electron chi connectivity index (χ4n) is 5.29. The highest BCUT2D eigenvalue weighted by Gasteiger charge is 1.95. The number of carbonyl (C=O) groups is 2. The number of hydrogen-bond acceptors (Lipinski definition) is 5. The van der Waals surface area contributed by atoms with Gasteiger partial charge in [-0.1, -0.05) is 180 Å². The zero-order valence-corrected chi connectivity index (χ0v) is 31.6. The first kappa shape index (κ1) is 49.7. The monoisotopic (exact) mass is 666 g/mol. The summed E-state index contributed by atoms with van der Waals surface area (Å²) in [5.41, 5.74) is 20.4. The van der Waals surface area contributed by atoms with Gasteiger partial charge in [0.25, 0.3) is 0 Å². The average Bonchev–Trinajstić information content (AvgIpc) is 3.05. The third kappa shape index (κ3) is 60.2. The summed E-state index contributed by atoms with van der Waals surface area (Å²) in [5, 5.41) is 3.03. The second kappa shape index (κ2) is 48.7. The second-order valence-electron chi connectivity index (χ2n) is 13.0. The molecule has 0 radical (unpaired) electrons. The van der Waals surface area contributed by atoms with E-state index >= 15 is 0 Å². The molecule has 7 heteroatoms. The first-order valence-corrected chi connectivity index (χ1v) is 20.0. The Labute approximate surface area is 293 Å². The molecule has 0 saturated carbocycles. The van der Waals surface area contributed by atoms with Gasteiger partial charge in [-0.05, 0) is 37.8 Å². The van der Waals surface area contributed by atoms with E-state index in [2.05, 4.69) is 19.2 Å². The van der Waals surface area contributed by atoms with Crippen LogP contribution in [0.4, 0.5) is 0 Å². The maximum Gasteiger partial charge on any atom is 0.241 e. The standard InChI is InChI=1S/2C18H35NO.C4H13N3/c2*1-2-3-4-5-6-7-8-9-10-11-12-13-14-15-16-17-18(19)20;5-1-3-7-4-2-6/h2*16-17H,2-15H2,1H3,(H2,19,20);7H,1-6H2. The van der Waals surface area contributed by atoms with Gasteiger partial charge in [0, 0.05) is 26.2 Å². The second-order valence-corrected chi connectivity index (χ2v) is 13.0. The van der Waals surface area contributed by atoms with E-state index in [9.17, 15) is 9.59 Å². The number of carbonyl (C=O) groups excluding carboxylic acids is 2. The molecular formula is C40H83N5O2. The molecule has 0 aliphatic carbocycles. The number of amides is 2. The Morgan fingerprint density at radius 3 is 0.872 bits per heavy atom. The number of rotatable bonds is 34. The van der Waals surface area contributed by atoms with Crippen LogP contribution in [0.5, 0.6) is 0 Å². The van der Waals surface area contributed by atoms with Crippen molar-refractivity contribution in [3.63, 3.8) is 0 Å². The van der Waals surface area contributed by atoms with Crippen molar-refractivity contribution < 1.29 is 9.59 Å². The van der Waals surface area contributed by atoms with E-state index < -0.39 is 0 Å². The van der Waals surface area contributed by atoms with Crippen molar-refractivity contribution >= 4 is 11.8 Å². The van der Waals surface area contributed by atoms with Crippen molar-refractivity contribution in [1.29, 1.82) is 0 Å². The molecule has 0 unspecified atom stereocenters. The van der Waals surface area contributed by atoms with Gasteiger partial charge in [-0.15, -0.1) is 0 Å². The summed E-state index contributed by atoms with van der Waals surface area (Å²) in [6.45, 7) is 7.68. The molecule has 0 atom stereocenters. The molecule has 9 N–H and O–H groups in total.